The maximum Gasteiger partial charge on any atom is 0.342 e. The Hall–Kier alpha value is -1.29. The van der Waals surface area contributed by atoms with Crippen LogP contribution in [0, 0.1) is 36.5 Å². The van der Waals surface area contributed by atoms with Gasteiger partial charge in [-0.25, -0.2) is 4.79 Å². The van der Waals surface area contributed by atoms with Crippen molar-refractivity contribution in [2.75, 3.05) is 0 Å². The van der Waals surface area contributed by atoms with E-state index in [1.807, 2.05) is 6.92 Å². The fourth-order valence-corrected chi connectivity index (χ4v) is 7.01. The fraction of sp³-hybridized carbons (Fsp3) is 0.792. The average Bonchev–Trinajstić information content (AvgIpc) is 3.00. The van der Waals surface area contributed by atoms with E-state index in [1.165, 1.54) is 12.8 Å². The summed E-state index contributed by atoms with van der Waals surface area (Å²) < 4.78 is 11.8. The zero-order valence-electron chi connectivity index (χ0n) is 18.1. The Labute approximate surface area is 168 Å². The molecule has 2 aliphatic carbocycles. The SMILES string of the molecule is CC[C@@H]1C[C@@]2(C)[C@@H]3CCC[C@@H](Cc4c(O)c(C)c(C)oc4=O)[C@@]3(C)CC[C@@H]2O1. The normalized spacial score (nSPS) is 40.2. The second-order valence-corrected chi connectivity index (χ2v) is 10.2. The lowest BCUT2D eigenvalue weighted by atomic mass is 9.46. The Morgan fingerprint density at radius 2 is 1.89 bits per heavy atom. The van der Waals surface area contributed by atoms with Gasteiger partial charge in [0.1, 0.15) is 11.5 Å². The molecule has 3 fully saturated rings. The van der Waals surface area contributed by atoms with Crippen molar-refractivity contribution in [3.63, 3.8) is 0 Å². The molecule has 1 saturated heterocycles. The monoisotopic (exact) mass is 388 g/mol. The highest BCUT2D eigenvalue weighted by Gasteiger charge is 2.60. The highest BCUT2D eigenvalue weighted by Crippen LogP contribution is 2.64. The Kier molecular flexibility index (Phi) is 4.93. The van der Waals surface area contributed by atoms with Crippen LogP contribution in [-0.4, -0.2) is 17.3 Å². The van der Waals surface area contributed by atoms with Crippen LogP contribution in [0.25, 0.3) is 0 Å². The topological polar surface area (TPSA) is 59.7 Å². The Balaban J connectivity index is 1.66. The quantitative estimate of drug-likeness (QED) is 0.764. The van der Waals surface area contributed by atoms with Crippen molar-refractivity contribution in [1.29, 1.82) is 0 Å². The van der Waals surface area contributed by atoms with Crippen molar-refractivity contribution in [1.82, 2.24) is 0 Å². The Morgan fingerprint density at radius 3 is 2.61 bits per heavy atom. The average molecular weight is 389 g/mol. The fourth-order valence-electron chi connectivity index (χ4n) is 7.01. The molecular weight excluding hydrogens is 352 g/mol. The van der Waals surface area contributed by atoms with Crippen LogP contribution in [-0.2, 0) is 11.2 Å². The number of aromatic hydroxyl groups is 1. The molecular formula is C24H36O4. The zero-order chi connectivity index (χ0) is 20.3. The largest absolute Gasteiger partial charge is 0.507 e. The third-order valence-corrected chi connectivity index (χ3v) is 8.84. The van der Waals surface area contributed by atoms with Crippen molar-refractivity contribution in [3.8, 4) is 5.75 Å². The summed E-state index contributed by atoms with van der Waals surface area (Å²) in [6.07, 6.45) is 9.50. The van der Waals surface area contributed by atoms with Crippen LogP contribution in [0.4, 0.5) is 0 Å². The lowest BCUT2D eigenvalue weighted by Crippen LogP contribution is -2.54. The molecule has 0 spiro atoms. The van der Waals surface area contributed by atoms with E-state index in [9.17, 15) is 9.90 Å². The maximum absolute atomic E-state index is 12.5. The molecule has 1 aromatic heterocycles. The smallest absolute Gasteiger partial charge is 0.342 e. The number of hydrogen-bond acceptors (Lipinski definition) is 4. The molecule has 2 heterocycles. The van der Waals surface area contributed by atoms with E-state index in [0.29, 0.717) is 47.4 Å². The van der Waals surface area contributed by atoms with Crippen LogP contribution >= 0.6 is 0 Å². The zero-order valence-corrected chi connectivity index (χ0v) is 18.1. The molecule has 4 nitrogen and oxygen atoms in total. The minimum Gasteiger partial charge on any atom is -0.507 e. The molecule has 28 heavy (non-hydrogen) atoms. The minimum atomic E-state index is -0.360. The summed E-state index contributed by atoms with van der Waals surface area (Å²) in [5.74, 6) is 1.69. The van der Waals surface area contributed by atoms with Gasteiger partial charge in [-0.2, -0.15) is 0 Å². The Morgan fingerprint density at radius 1 is 1.14 bits per heavy atom. The third kappa shape index (κ3) is 2.86. The summed E-state index contributed by atoms with van der Waals surface area (Å²) in [5, 5.41) is 10.7. The van der Waals surface area contributed by atoms with Gasteiger partial charge in [-0.1, -0.05) is 27.2 Å². The van der Waals surface area contributed by atoms with Gasteiger partial charge in [0, 0.05) is 5.56 Å². The van der Waals surface area contributed by atoms with E-state index in [2.05, 4.69) is 20.8 Å². The van der Waals surface area contributed by atoms with Gasteiger partial charge in [0.15, 0.2) is 0 Å². The second-order valence-electron chi connectivity index (χ2n) is 10.2. The molecule has 1 aromatic rings. The van der Waals surface area contributed by atoms with Gasteiger partial charge in [-0.15, -0.1) is 0 Å². The maximum atomic E-state index is 12.5. The summed E-state index contributed by atoms with van der Waals surface area (Å²) in [6, 6.07) is 0. The first-order chi connectivity index (χ1) is 13.2. The number of aryl methyl sites for hydroxylation is 1. The lowest BCUT2D eigenvalue weighted by Gasteiger charge is -2.58. The molecule has 3 aliphatic rings. The van der Waals surface area contributed by atoms with Crippen LogP contribution in [0.2, 0.25) is 0 Å². The van der Waals surface area contributed by atoms with E-state index < -0.39 is 0 Å². The molecule has 0 bridgehead atoms. The van der Waals surface area contributed by atoms with Crippen molar-refractivity contribution < 1.29 is 14.3 Å². The van der Waals surface area contributed by atoms with Crippen LogP contribution < -0.4 is 5.63 Å². The minimum absolute atomic E-state index is 0.148. The second kappa shape index (κ2) is 6.90. The predicted octanol–water partition coefficient (Wildman–Crippen LogP) is 5.29. The first kappa shape index (κ1) is 20.0. The summed E-state index contributed by atoms with van der Waals surface area (Å²) in [6.45, 7) is 10.7. The van der Waals surface area contributed by atoms with Crippen LogP contribution in [0.15, 0.2) is 9.21 Å². The molecule has 2 saturated carbocycles. The first-order valence-corrected chi connectivity index (χ1v) is 11.2. The van der Waals surface area contributed by atoms with Gasteiger partial charge in [0.2, 0.25) is 0 Å². The van der Waals surface area contributed by atoms with Gasteiger partial charge >= 0.3 is 5.63 Å². The van der Waals surface area contributed by atoms with Crippen LogP contribution in [0.1, 0.15) is 82.6 Å². The molecule has 0 radical (unpaired) electrons. The molecule has 6 atom stereocenters. The van der Waals surface area contributed by atoms with Crippen LogP contribution in [0.3, 0.4) is 0 Å². The van der Waals surface area contributed by atoms with Gasteiger partial charge in [-0.05, 0) is 81.5 Å². The van der Waals surface area contributed by atoms with Gasteiger partial charge in [-0.3, -0.25) is 0 Å². The summed E-state index contributed by atoms with van der Waals surface area (Å²) in [5.41, 5.74) is 1.24. The van der Waals surface area contributed by atoms with Crippen molar-refractivity contribution >= 4 is 0 Å². The molecule has 1 aliphatic heterocycles. The third-order valence-electron chi connectivity index (χ3n) is 8.84. The number of rotatable bonds is 3. The van der Waals surface area contributed by atoms with Crippen LogP contribution in [0.5, 0.6) is 5.75 Å². The summed E-state index contributed by atoms with van der Waals surface area (Å²) >= 11 is 0. The van der Waals surface area contributed by atoms with E-state index >= 15 is 0 Å². The highest BCUT2D eigenvalue weighted by molar-refractivity contribution is 5.39. The molecule has 0 amide bonds. The highest BCUT2D eigenvalue weighted by atomic mass is 16.5. The standard InChI is InChI=1S/C24H36O4/c1-6-17-13-24(5)19-9-7-8-16(23(19,4)11-10-20(24)28-17)12-18-21(25)14(2)15(3)27-22(18)26/h16-17,19-20,25H,6-13H2,1-5H3/t16-,17+,19+,20-,23+,24-/m0/s1. The van der Waals surface area contributed by atoms with E-state index in [-0.39, 0.29) is 22.2 Å². The van der Waals surface area contributed by atoms with E-state index in [4.69, 9.17) is 9.15 Å². The van der Waals surface area contributed by atoms with Crippen molar-refractivity contribution in [2.45, 2.75) is 98.2 Å². The summed E-state index contributed by atoms with van der Waals surface area (Å²) in [7, 11) is 0. The van der Waals surface area contributed by atoms with Gasteiger partial charge in [0.05, 0.1) is 17.8 Å². The molecule has 156 valence electrons. The van der Waals surface area contributed by atoms with Crippen molar-refractivity contribution in [2.24, 2.45) is 22.7 Å². The molecule has 4 heteroatoms. The Bertz CT molecular complexity index is 812. The lowest BCUT2D eigenvalue weighted by molar-refractivity contribution is -0.124. The van der Waals surface area contributed by atoms with Gasteiger partial charge in [0.25, 0.3) is 0 Å². The molecule has 4 rings (SSSR count). The van der Waals surface area contributed by atoms with Gasteiger partial charge < -0.3 is 14.3 Å². The number of hydrogen-bond donors (Lipinski definition) is 1. The first-order valence-electron chi connectivity index (χ1n) is 11.2. The summed E-state index contributed by atoms with van der Waals surface area (Å²) in [4.78, 5) is 12.5. The number of fused-ring (bicyclic) bond motifs is 3. The molecule has 1 N–H and O–H groups in total. The molecule has 0 unspecified atom stereocenters. The van der Waals surface area contributed by atoms with E-state index in [1.54, 1.807) is 6.92 Å². The predicted molar refractivity (Wildman–Crippen MR) is 110 cm³/mol. The number of ether oxygens (including phenoxy) is 1. The van der Waals surface area contributed by atoms with Crippen molar-refractivity contribution in [3.05, 3.63) is 27.3 Å². The molecule has 0 aromatic carbocycles. The van der Waals surface area contributed by atoms with E-state index in [0.717, 1.165) is 32.1 Å².